The van der Waals surface area contributed by atoms with Crippen molar-refractivity contribution in [3.63, 3.8) is 0 Å². The molecular weight excluding hydrogens is 322 g/mol. The fourth-order valence-electron chi connectivity index (χ4n) is 2.54. The highest BCUT2D eigenvalue weighted by molar-refractivity contribution is 5.96. The van der Waals surface area contributed by atoms with Gasteiger partial charge in [-0.15, -0.1) is 0 Å². The Hall–Kier alpha value is -3.12. The Kier molecular flexibility index (Phi) is 4.81. The Bertz CT molecular complexity index is 906. The minimum Gasteiger partial charge on any atom is -0.497 e. The number of fused-ring (bicyclic) bond motifs is 1. The van der Waals surface area contributed by atoms with E-state index in [9.17, 15) is 9.90 Å². The van der Waals surface area contributed by atoms with Crippen LogP contribution in [0.25, 0.3) is 10.8 Å². The van der Waals surface area contributed by atoms with Crippen molar-refractivity contribution >= 4 is 16.7 Å². The minimum atomic E-state index is -0.579. The van der Waals surface area contributed by atoms with Gasteiger partial charge in [-0.3, -0.25) is 0 Å². The van der Waals surface area contributed by atoms with Crippen molar-refractivity contribution in [1.82, 2.24) is 4.98 Å². The average molecular weight is 339 g/mol. The second-order valence-corrected chi connectivity index (χ2v) is 5.26. The second-order valence-electron chi connectivity index (χ2n) is 5.26. The maximum atomic E-state index is 11.8. The largest absolute Gasteiger partial charge is 0.497 e. The first kappa shape index (κ1) is 16.7. The van der Waals surface area contributed by atoms with E-state index in [0.717, 1.165) is 16.5 Å². The lowest BCUT2D eigenvalue weighted by molar-refractivity contribution is 0.0590. The number of pyridine rings is 1. The molecule has 2 aromatic carbocycles. The number of esters is 1. The van der Waals surface area contributed by atoms with Gasteiger partial charge in [0.1, 0.15) is 17.2 Å². The van der Waals surface area contributed by atoms with Crippen molar-refractivity contribution in [3.8, 4) is 17.2 Å². The van der Waals surface area contributed by atoms with Crippen LogP contribution in [0.3, 0.4) is 0 Å². The standard InChI is InChI=1S/C19H17NO5/c1-23-13-3-5-14(6-4-13)25-15-7-8-16-12(9-15)10-20-18(17(16)11-21)19(22)24-2/h3-10,21H,11H2,1-2H3. The molecule has 3 aromatic rings. The number of hydrogen-bond donors (Lipinski definition) is 1. The van der Waals surface area contributed by atoms with Crippen LogP contribution in [-0.4, -0.2) is 30.3 Å². The Labute approximate surface area is 144 Å². The monoisotopic (exact) mass is 339 g/mol. The first-order chi connectivity index (χ1) is 12.2. The van der Waals surface area contributed by atoms with Crippen LogP contribution < -0.4 is 9.47 Å². The summed E-state index contributed by atoms with van der Waals surface area (Å²) >= 11 is 0. The topological polar surface area (TPSA) is 77.9 Å². The van der Waals surface area contributed by atoms with Crippen molar-refractivity contribution in [2.75, 3.05) is 14.2 Å². The predicted molar refractivity (Wildman–Crippen MR) is 92.1 cm³/mol. The van der Waals surface area contributed by atoms with E-state index in [1.54, 1.807) is 43.6 Å². The van der Waals surface area contributed by atoms with Gasteiger partial charge in [-0.05, 0) is 41.8 Å². The summed E-state index contributed by atoms with van der Waals surface area (Å²) in [6, 6.07) is 12.6. The molecule has 0 saturated heterocycles. The molecule has 0 saturated carbocycles. The zero-order chi connectivity index (χ0) is 17.8. The third-order valence-electron chi connectivity index (χ3n) is 3.80. The van der Waals surface area contributed by atoms with E-state index in [0.29, 0.717) is 17.1 Å². The van der Waals surface area contributed by atoms with Gasteiger partial charge < -0.3 is 19.3 Å². The van der Waals surface area contributed by atoms with Crippen molar-refractivity contribution in [1.29, 1.82) is 0 Å². The molecule has 1 heterocycles. The van der Waals surface area contributed by atoms with Crippen LogP contribution in [0.4, 0.5) is 0 Å². The number of aliphatic hydroxyl groups excluding tert-OH is 1. The first-order valence-electron chi connectivity index (χ1n) is 7.59. The summed E-state index contributed by atoms with van der Waals surface area (Å²) in [6.07, 6.45) is 1.56. The van der Waals surface area contributed by atoms with Crippen molar-refractivity contribution in [2.45, 2.75) is 6.61 Å². The number of hydrogen-bond acceptors (Lipinski definition) is 6. The molecule has 0 amide bonds. The van der Waals surface area contributed by atoms with Gasteiger partial charge in [-0.25, -0.2) is 9.78 Å². The van der Waals surface area contributed by atoms with Gasteiger partial charge >= 0.3 is 5.97 Å². The number of carbonyl (C=O) groups excluding carboxylic acids is 1. The van der Waals surface area contributed by atoms with Crippen LogP contribution in [0, 0.1) is 0 Å². The molecule has 6 heteroatoms. The molecule has 0 radical (unpaired) electrons. The number of ether oxygens (including phenoxy) is 3. The third-order valence-corrected chi connectivity index (χ3v) is 3.80. The lowest BCUT2D eigenvalue weighted by Crippen LogP contribution is -2.09. The maximum Gasteiger partial charge on any atom is 0.357 e. The van der Waals surface area contributed by atoms with Crippen molar-refractivity contribution < 1.29 is 24.1 Å². The number of benzene rings is 2. The van der Waals surface area contributed by atoms with Crippen LogP contribution in [0.1, 0.15) is 16.1 Å². The fraction of sp³-hybridized carbons (Fsp3) is 0.158. The molecule has 1 N–H and O–H groups in total. The van der Waals surface area contributed by atoms with Gasteiger partial charge in [0.15, 0.2) is 5.69 Å². The maximum absolute atomic E-state index is 11.8. The first-order valence-corrected chi connectivity index (χ1v) is 7.59. The molecule has 0 atom stereocenters. The van der Waals surface area contributed by atoms with Crippen LogP contribution in [0.15, 0.2) is 48.7 Å². The zero-order valence-corrected chi connectivity index (χ0v) is 13.9. The molecule has 0 aliphatic rings. The molecule has 3 rings (SSSR count). The van der Waals surface area contributed by atoms with E-state index in [1.165, 1.54) is 7.11 Å². The number of rotatable bonds is 5. The van der Waals surface area contributed by atoms with Gasteiger partial charge in [0.25, 0.3) is 0 Å². The summed E-state index contributed by atoms with van der Waals surface area (Å²) < 4.78 is 15.6. The summed E-state index contributed by atoms with van der Waals surface area (Å²) in [5.41, 5.74) is 0.543. The Morgan fingerprint density at radius 1 is 1.04 bits per heavy atom. The Morgan fingerprint density at radius 2 is 1.72 bits per heavy atom. The van der Waals surface area contributed by atoms with Gasteiger partial charge in [0, 0.05) is 17.1 Å². The minimum absolute atomic E-state index is 0.112. The van der Waals surface area contributed by atoms with Gasteiger partial charge in [-0.2, -0.15) is 0 Å². The van der Waals surface area contributed by atoms with Gasteiger partial charge in [-0.1, -0.05) is 6.07 Å². The van der Waals surface area contributed by atoms with Crippen molar-refractivity contribution in [2.24, 2.45) is 0 Å². The quantitative estimate of drug-likeness (QED) is 0.719. The molecule has 0 unspecified atom stereocenters. The molecule has 25 heavy (non-hydrogen) atoms. The predicted octanol–water partition coefficient (Wildman–Crippen LogP) is 3.31. The normalized spacial score (nSPS) is 10.5. The SMILES string of the molecule is COC(=O)c1ncc2cc(Oc3ccc(OC)cc3)ccc2c1CO. The van der Waals surface area contributed by atoms with Gasteiger partial charge in [0.05, 0.1) is 20.8 Å². The Morgan fingerprint density at radius 3 is 2.36 bits per heavy atom. The highest BCUT2D eigenvalue weighted by atomic mass is 16.5. The van der Waals surface area contributed by atoms with E-state index >= 15 is 0 Å². The molecule has 0 bridgehead atoms. The molecule has 0 fully saturated rings. The van der Waals surface area contributed by atoms with Crippen molar-refractivity contribution in [3.05, 3.63) is 59.9 Å². The number of methoxy groups -OCH3 is 2. The average Bonchev–Trinajstić information content (AvgIpc) is 2.66. The number of aliphatic hydroxyl groups is 1. The molecular formula is C19H17NO5. The summed E-state index contributed by atoms with van der Waals surface area (Å²) in [7, 11) is 2.88. The van der Waals surface area contributed by atoms with E-state index in [4.69, 9.17) is 14.2 Å². The molecule has 0 aliphatic carbocycles. The Balaban J connectivity index is 1.95. The second kappa shape index (κ2) is 7.19. The zero-order valence-electron chi connectivity index (χ0n) is 13.9. The van der Waals surface area contributed by atoms with E-state index in [2.05, 4.69) is 4.98 Å². The lowest BCUT2D eigenvalue weighted by atomic mass is 10.0. The van der Waals surface area contributed by atoms with Gasteiger partial charge in [0.2, 0.25) is 0 Å². The van der Waals surface area contributed by atoms with Crippen LogP contribution in [0.5, 0.6) is 17.2 Å². The van der Waals surface area contributed by atoms with Crippen LogP contribution in [0.2, 0.25) is 0 Å². The molecule has 6 nitrogen and oxygen atoms in total. The molecule has 128 valence electrons. The lowest BCUT2D eigenvalue weighted by Gasteiger charge is -2.11. The van der Waals surface area contributed by atoms with E-state index in [1.807, 2.05) is 12.1 Å². The number of nitrogens with zero attached hydrogens (tertiary/aromatic N) is 1. The molecule has 0 spiro atoms. The highest BCUT2D eigenvalue weighted by Crippen LogP contribution is 2.29. The summed E-state index contributed by atoms with van der Waals surface area (Å²) in [4.78, 5) is 15.9. The third kappa shape index (κ3) is 3.39. The molecule has 0 aliphatic heterocycles. The summed E-state index contributed by atoms with van der Waals surface area (Å²) in [5, 5.41) is 11.1. The highest BCUT2D eigenvalue weighted by Gasteiger charge is 2.16. The number of carbonyl (C=O) groups is 1. The fourth-order valence-corrected chi connectivity index (χ4v) is 2.54. The molecule has 1 aromatic heterocycles. The van der Waals surface area contributed by atoms with E-state index < -0.39 is 5.97 Å². The number of aromatic nitrogens is 1. The summed E-state index contributed by atoms with van der Waals surface area (Å²) in [5.74, 6) is 1.46. The summed E-state index contributed by atoms with van der Waals surface area (Å²) in [6.45, 7) is -0.312. The van der Waals surface area contributed by atoms with E-state index in [-0.39, 0.29) is 12.3 Å². The van der Waals surface area contributed by atoms with Crippen LogP contribution >= 0.6 is 0 Å². The van der Waals surface area contributed by atoms with Crippen LogP contribution in [-0.2, 0) is 11.3 Å². The smallest absolute Gasteiger partial charge is 0.357 e.